The largest absolute Gasteiger partial charge is 0.465 e. The Morgan fingerprint density at radius 2 is 1.41 bits per heavy atom. The van der Waals surface area contributed by atoms with Crippen molar-refractivity contribution in [3.05, 3.63) is 107 Å². The van der Waals surface area contributed by atoms with E-state index in [1.165, 1.54) is 43.2 Å². The summed E-state index contributed by atoms with van der Waals surface area (Å²) in [7, 11) is 0. The highest BCUT2D eigenvalue weighted by atomic mass is 16.4. The Kier molecular flexibility index (Phi) is 9.81. The number of rotatable bonds is 11. The van der Waals surface area contributed by atoms with Crippen molar-refractivity contribution in [3.63, 3.8) is 0 Å². The van der Waals surface area contributed by atoms with Gasteiger partial charge in [0.25, 0.3) is 0 Å². The van der Waals surface area contributed by atoms with Crippen molar-refractivity contribution in [3.8, 4) is 0 Å². The molecule has 3 aromatic carbocycles. The zero-order valence-electron chi connectivity index (χ0n) is 25.8. The van der Waals surface area contributed by atoms with Crippen molar-refractivity contribution in [2.45, 2.75) is 89.5 Å². The van der Waals surface area contributed by atoms with Gasteiger partial charge in [-0.15, -0.1) is 0 Å². The zero-order valence-corrected chi connectivity index (χ0v) is 25.8. The topological polar surface area (TPSA) is 70.7 Å². The number of hydrogen-bond donors (Lipinski definition) is 1. The fourth-order valence-corrected chi connectivity index (χ4v) is 7.63. The summed E-state index contributed by atoms with van der Waals surface area (Å²) in [6.45, 7) is 3.81. The number of imidazole rings is 1. The molecule has 0 bridgehead atoms. The van der Waals surface area contributed by atoms with Crippen LogP contribution in [0.3, 0.4) is 0 Å². The van der Waals surface area contributed by atoms with Crippen molar-refractivity contribution < 1.29 is 9.90 Å². The summed E-state index contributed by atoms with van der Waals surface area (Å²) in [5, 5.41) is 10.1. The molecule has 7 heteroatoms. The first-order chi connectivity index (χ1) is 21.6. The molecule has 1 aliphatic heterocycles. The third-order valence-corrected chi connectivity index (χ3v) is 9.84. The second kappa shape index (κ2) is 14.3. The summed E-state index contributed by atoms with van der Waals surface area (Å²) in [6, 6.07) is 29.1. The van der Waals surface area contributed by atoms with Gasteiger partial charge < -0.3 is 10.0 Å². The van der Waals surface area contributed by atoms with E-state index in [1.807, 2.05) is 33.4 Å². The average Bonchev–Trinajstić information content (AvgIpc) is 3.33. The molecule has 1 amide bonds. The minimum absolute atomic E-state index is 0.00894. The van der Waals surface area contributed by atoms with Crippen LogP contribution >= 0.6 is 0 Å². The number of carbonyl (C=O) groups is 1. The predicted molar refractivity (Wildman–Crippen MR) is 176 cm³/mol. The monoisotopic (exact) mass is 594 g/mol. The first-order valence-electron chi connectivity index (χ1n) is 16.6. The van der Waals surface area contributed by atoms with Crippen molar-refractivity contribution in [2.75, 3.05) is 13.1 Å². The molecular weight excluding hydrogens is 548 g/mol. The van der Waals surface area contributed by atoms with Gasteiger partial charge in [0.2, 0.25) is 0 Å². The van der Waals surface area contributed by atoms with Crippen LogP contribution in [0.15, 0.2) is 89.7 Å². The summed E-state index contributed by atoms with van der Waals surface area (Å²) in [5.74, 6) is 0.553. The predicted octanol–water partition coefficient (Wildman–Crippen LogP) is 7.55. The molecule has 0 spiro atoms. The number of carboxylic acid groups (broad SMARTS) is 1. The van der Waals surface area contributed by atoms with E-state index in [0.717, 1.165) is 50.1 Å². The van der Waals surface area contributed by atoms with Crippen LogP contribution in [0.4, 0.5) is 4.79 Å². The highest BCUT2D eigenvalue weighted by Crippen LogP contribution is 2.32. The Morgan fingerprint density at radius 3 is 2.05 bits per heavy atom. The van der Waals surface area contributed by atoms with Crippen LogP contribution in [0.5, 0.6) is 0 Å². The SMILES string of the molecule is O=C(O)N1CCC(n2c(=O)n(CC3CCCCC3)c3ccccc32)C[C@@H]1CCCN(Cc1ccccc1)Cc1ccccc1. The molecular formula is C37H46N4O3. The lowest BCUT2D eigenvalue weighted by atomic mass is 9.89. The second-order valence-corrected chi connectivity index (χ2v) is 12.9. The molecule has 2 fully saturated rings. The molecule has 1 saturated heterocycles. The standard InChI is InChI=1S/C37H46N4O3/c42-36-40(28-31-17-8-3-9-18-31)34-20-10-11-21-35(34)41(36)33-22-24-39(37(43)44)32(25-33)19-12-23-38(26-29-13-4-1-5-14-29)27-30-15-6-2-7-16-30/h1-2,4-7,10-11,13-16,20-21,31-33H,3,8-9,12,17-19,22-28H2,(H,43,44)/t32-,33?/m0/s1. The summed E-state index contributed by atoms with van der Waals surface area (Å²) in [6.07, 6.45) is 8.32. The van der Waals surface area contributed by atoms with Crippen LogP contribution in [0.1, 0.15) is 75.0 Å². The van der Waals surface area contributed by atoms with E-state index in [1.54, 1.807) is 4.90 Å². The smallest absolute Gasteiger partial charge is 0.407 e. The maximum Gasteiger partial charge on any atom is 0.407 e. The number of likely N-dealkylation sites (tertiary alicyclic amines) is 1. The summed E-state index contributed by atoms with van der Waals surface area (Å²) >= 11 is 0. The lowest BCUT2D eigenvalue weighted by Crippen LogP contribution is -2.47. The molecule has 2 aliphatic rings. The quantitative estimate of drug-likeness (QED) is 0.195. The third kappa shape index (κ3) is 7.10. The molecule has 7 nitrogen and oxygen atoms in total. The van der Waals surface area contributed by atoms with Gasteiger partial charge >= 0.3 is 11.8 Å². The molecule has 232 valence electrons. The summed E-state index contributed by atoms with van der Waals surface area (Å²) < 4.78 is 4.01. The fourth-order valence-electron chi connectivity index (χ4n) is 7.63. The van der Waals surface area contributed by atoms with Gasteiger partial charge in [-0.25, -0.2) is 9.59 Å². The maximum absolute atomic E-state index is 14.0. The van der Waals surface area contributed by atoms with E-state index in [9.17, 15) is 14.7 Å². The molecule has 4 aromatic rings. The van der Waals surface area contributed by atoms with E-state index in [0.29, 0.717) is 25.3 Å². The van der Waals surface area contributed by atoms with Gasteiger partial charge in [-0.2, -0.15) is 0 Å². The Bertz CT molecular complexity index is 1520. The molecule has 1 aromatic heterocycles. The van der Waals surface area contributed by atoms with Gasteiger partial charge in [-0.05, 0) is 74.2 Å². The number of fused-ring (bicyclic) bond motifs is 1. The number of amides is 1. The van der Waals surface area contributed by atoms with Crippen LogP contribution < -0.4 is 5.69 Å². The van der Waals surface area contributed by atoms with Crippen molar-refractivity contribution in [1.82, 2.24) is 18.9 Å². The van der Waals surface area contributed by atoms with E-state index in [4.69, 9.17) is 0 Å². The zero-order chi connectivity index (χ0) is 30.3. The van der Waals surface area contributed by atoms with Gasteiger partial charge in [0.05, 0.1) is 11.0 Å². The molecule has 1 aliphatic carbocycles. The fraction of sp³-hybridized carbons (Fsp3) is 0.459. The number of para-hydroxylation sites is 2. The Morgan fingerprint density at radius 1 is 0.795 bits per heavy atom. The number of benzene rings is 3. The van der Waals surface area contributed by atoms with E-state index in [2.05, 4.69) is 65.6 Å². The molecule has 6 rings (SSSR count). The number of piperidine rings is 1. The normalized spacial score (nSPS) is 19.5. The summed E-state index contributed by atoms with van der Waals surface area (Å²) in [5.41, 5.74) is 4.62. The lowest BCUT2D eigenvalue weighted by molar-refractivity contribution is 0.0851. The molecule has 1 saturated carbocycles. The number of aromatic nitrogens is 2. The van der Waals surface area contributed by atoms with Crippen molar-refractivity contribution in [2.24, 2.45) is 5.92 Å². The Labute approximate surface area is 260 Å². The molecule has 2 atom stereocenters. The first kappa shape index (κ1) is 30.2. The highest BCUT2D eigenvalue weighted by Gasteiger charge is 2.34. The van der Waals surface area contributed by atoms with Gasteiger partial charge in [-0.3, -0.25) is 14.0 Å². The van der Waals surface area contributed by atoms with Crippen molar-refractivity contribution >= 4 is 17.1 Å². The summed E-state index contributed by atoms with van der Waals surface area (Å²) in [4.78, 5) is 30.4. The minimum atomic E-state index is -0.856. The first-order valence-corrected chi connectivity index (χ1v) is 16.6. The van der Waals surface area contributed by atoms with Crippen LogP contribution in [-0.4, -0.2) is 49.3 Å². The maximum atomic E-state index is 14.0. The average molecular weight is 595 g/mol. The van der Waals surface area contributed by atoms with E-state index < -0.39 is 6.09 Å². The van der Waals surface area contributed by atoms with Crippen LogP contribution in [0.25, 0.3) is 11.0 Å². The van der Waals surface area contributed by atoms with Crippen LogP contribution in [-0.2, 0) is 19.6 Å². The molecule has 0 radical (unpaired) electrons. The van der Waals surface area contributed by atoms with Crippen molar-refractivity contribution in [1.29, 1.82) is 0 Å². The minimum Gasteiger partial charge on any atom is -0.465 e. The van der Waals surface area contributed by atoms with E-state index in [-0.39, 0.29) is 17.8 Å². The second-order valence-electron chi connectivity index (χ2n) is 12.9. The molecule has 2 heterocycles. The van der Waals surface area contributed by atoms with Crippen LogP contribution in [0, 0.1) is 5.92 Å². The molecule has 44 heavy (non-hydrogen) atoms. The number of nitrogens with zero attached hydrogens (tertiary/aromatic N) is 4. The van der Waals surface area contributed by atoms with Gasteiger partial charge in [-0.1, -0.05) is 92.1 Å². The Balaban J connectivity index is 1.18. The molecule has 1 unspecified atom stereocenters. The van der Waals surface area contributed by atoms with E-state index >= 15 is 0 Å². The lowest BCUT2D eigenvalue weighted by Gasteiger charge is -2.38. The third-order valence-electron chi connectivity index (χ3n) is 9.84. The van der Waals surface area contributed by atoms with Gasteiger partial charge in [0.15, 0.2) is 0 Å². The Hall–Kier alpha value is -3.84. The van der Waals surface area contributed by atoms with Gasteiger partial charge in [0, 0.05) is 38.3 Å². The molecule has 1 N–H and O–H groups in total. The highest BCUT2D eigenvalue weighted by molar-refractivity contribution is 5.76. The van der Waals surface area contributed by atoms with Gasteiger partial charge in [0.1, 0.15) is 0 Å². The van der Waals surface area contributed by atoms with Crippen LogP contribution in [0.2, 0.25) is 0 Å². The number of hydrogen-bond acceptors (Lipinski definition) is 3.